The van der Waals surface area contributed by atoms with Crippen molar-refractivity contribution in [3.63, 3.8) is 0 Å². The van der Waals surface area contributed by atoms with Gasteiger partial charge in [-0.25, -0.2) is 0 Å². The van der Waals surface area contributed by atoms with Gasteiger partial charge in [-0.15, -0.1) is 0 Å². The van der Waals surface area contributed by atoms with Gasteiger partial charge in [0.15, 0.2) is 3.24 Å². The molecular weight excluding hydrogens is 557 g/mol. The number of ether oxygens (including phenoxy) is 2. The Balaban J connectivity index is 1.72. The number of rotatable bonds is 7. The number of carbonyl (C=O) groups excluding carboxylic acids is 1. The number of nitrogens with zero attached hydrogens (tertiary/aromatic N) is 1. The zero-order chi connectivity index (χ0) is 22.1. The van der Waals surface area contributed by atoms with E-state index in [-0.39, 0.29) is 16.2 Å². The molecule has 1 fully saturated rings. The molecule has 0 aliphatic heterocycles. The van der Waals surface area contributed by atoms with Crippen LogP contribution in [0.3, 0.4) is 0 Å². The zero-order valence-electron chi connectivity index (χ0n) is 16.2. The van der Waals surface area contributed by atoms with E-state index in [0.717, 1.165) is 0 Å². The Morgan fingerprint density at radius 2 is 1.80 bits per heavy atom. The number of nitriles is 1. The lowest BCUT2D eigenvalue weighted by Gasteiger charge is -2.20. The van der Waals surface area contributed by atoms with Crippen LogP contribution in [0.25, 0.3) is 0 Å². The molecule has 0 aromatic heterocycles. The minimum Gasteiger partial charge on any atom is -0.457 e. The van der Waals surface area contributed by atoms with Crippen molar-refractivity contribution in [3.05, 3.63) is 60.2 Å². The Morgan fingerprint density at radius 1 is 1.17 bits per heavy atom. The molecule has 3 rings (SSSR count). The standard InChI is InChI=1S/C22H19Br2Cl2NO3/c1-21(2)17(19(23)22(24,25)26)18(21)20(28)30-16(12-27)13-7-6-10-15(11-13)29-14-8-4-3-5-9-14/h3-11,16-19H,1-2H3/t16-,17+,18-,19-/m0/s1. The molecule has 1 aliphatic carbocycles. The van der Waals surface area contributed by atoms with Crippen LogP contribution in [0.2, 0.25) is 0 Å². The van der Waals surface area contributed by atoms with Crippen LogP contribution in [-0.2, 0) is 9.53 Å². The van der Waals surface area contributed by atoms with Gasteiger partial charge in [-0.3, -0.25) is 4.79 Å². The van der Waals surface area contributed by atoms with Crippen molar-refractivity contribution in [2.24, 2.45) is 17.3 Å². The number of alkyl halides is 4. The summed E-state index contributed by atoms with van der Waals surface area (Å²) >= 11 is 19.0. The number of esters is 1. The fourth-order valence-corrected chi connectivity index (χ4v) is 5.14. The smallest absolute Gasteiger partial charge is 0.311 e. The number of hydrogen-bond donors (Lipinski definition) is 0. The maximum Gasteiger partial charge on any atom is 0.311 e. The number of halogens is 4. The van der Waals surface area contributed by atoms with Crippen LogP contribution in [0.4, 0.5) is 0 Å². The second-order valence-electron chi connectivity index (χ2n) is 7.70. The SMILES string of the molecule is CC1(C)[C@@H]([C@H](Br)C(Cl)(Cl)Br)[C@H]1C(=O)O[C@@H](C#N)c1cccc(Oc2ccccc2)c1. The first kappa shape index (κ1) is 23.4. The summed E-state index contributed by atoms with van der Waals surface area (Å²) in [5.74, 6) is 0.183. The van der Waals surface area contributed by atoms with E-state index in [0.29, 0.717) is 17.1 Å². The summed E-state index contributed by atoms with van der Waals surface area (Å²) in [5.41, 5.74) is 0.168. The molecule has 0 amide bonds. The molecule has 1 aliphatic rings. The van der Waals surface area contributed by atoms with Gasteiger partial charge in [0.2, 0.25) is 6.10 Å². The van der Waals surface area contributed by atoms with Gasteiger partial charge in [-0.05, 0) is 51.5 Å². The summed E-state index contributed by atoms with van der Waals surface area (Å²) < 4.78 is 10.2. The molecule has 0 spiro atoms. The molecule has 2 aromatic rings. The normalized spacial score (nSPS) is 21.8. The molecule has 8 heteroatoms. The van der Waals surface area contributed by atoms with Crippen molar-refractivity contribution < 1.29 is 14.3 Å². The largest absolute Gasteiger partial charge is 0.457 e. The first-order valence-corrected chi connectivity index (χ1v) is 11.7. The molecule has 158 valence electrons. The van der Waals surface area contributed by atoms with Crippen LogP contribution >= 0.6 is 55.1 Å². The zero-order valence-corrected chi connectivity index (χ0v) is 20.9. The summed E-state index contributed by atoms with van der Waals surface area (Å²) in [6.07, 6.45) is -1.05. The van der Waals surface area contributed by atoms with Crippen molar-refractivity contribution in [1.82, 2.24) is 0 Å². The minimum atomic E-state index is -1.22. The highest BCUT2D eigenvalue weighted by Crippen LogP contribution is 2.65. The van der Waals surface area contributed by atoms with Gasteiger partial charge in [0, 0.05) is 5.56 Å². The summed E-state index contributed by atoms with van der Waals surface area (Å²) in [5, 5.41) is 9.62. The summed E-state index contributed by atoms with van der Waals surface area (Å²) in [6, 6.07) is 18.3. The molecule has 0 heterocycles. The molecule has 2 aromatic carbocycles. The van der Waals surface area contributed by atoms with E-state index in [2.05, 4.69) is 37.9 Å². The predicted molar refractivity (Wildman–Crippen MR) is 124 cm³/mol. The second-order valence-corrected chi connectivity index (χ2v) is 12.2. The first-order chi connectivity index (χ1) is 14.1. The van der Waals surface area contributed by atoms with Crippen LogP contribution in [-0.4, -0.2) is 14.0 Å². The van der Waals surface area contributed by atoms with E-state index in [9.17, 15) is 10.1 Å². The van der Waals surface area contributed by atoms with Gasteiger partial charge in [0.25, 0.3) is 0 Å². The Hall–Kier alpha value is -1.26. The van der Waals surface area contributed by atoms with Gasteiger partial charge in [-0.1, -0.05) is 83.3 Å². The Bertz CT molecular complexity index is 957. The van der Waals surface area contributed by atoms with Crippen molar-refractivity contribution in [1.29, 1.82) is 5.26 Å². The van der Waals surface area contributed by atoms with E-state index in [1.807, 2.05) is 44.2 Å². The number of benzene rings is 2. The Morgan fingerprint density at radius 3 is 2.40 bits per heavy atom. The average molecular weight is 576 g/mol. The highest BCUT2D eigenvalue weighted by Gasteiger charge is 2.67. The van der Waals surface area contributed by atoms with Crippen LogP contribution < -0.4 is 4.74 Å². The van der Waals surface area contributed by atoms with Gasteiger partial charge in [0.05, 0.1) is 10.7 Å². The predicted octanol–water partition coefficient (Wildman–Crippen LogP) is 7.15. The van der Waals surface area contributed by atoms with Gasteiger partial charge in [-0.2, -0.15) is 5.26 Å². The third-order valence-electron chi connectivity index (χ3n) is 5.28. The number of carbonyl (C=O) groups is 1. The van der Waals surface area contributed by atoms with Crippen LogP contribution in [0, 0.1) is 28.6 Å². The highest BCUT2D eigenvalue weighted by molar-refractivity contribution is 9.13. The van der Waals surface area contributed by atoms with Crippen LogP contribution in [0.15, 0.2) is 54.6 Å². The maximum absolute atomic E-state index is 12.9. The molecule has 4 nitrogen and oxygen atoms in total. The topological polar surface area (TPSA) is 59.3 Å². The average Bonchev–Trinajstić information content (AvgIpc) is 3.27. The lowest BCUT2D eigenvalue weighted by atomic mass is 10.1. The molecule has 0 N–H and O–H groups in total. The van der Waals surface area contributed by atoms with Crippen molar-refractivity contribution in [3.8, 4) is 17.6 Å². The van der Waals surface area contributed by atoms with Crippen molar-refractivity contribution in [2.75, 3.05) is 0 Å². The fraction of sp³-hybridized carbons (Fsp3) is 0.364. The van der Waals surface area contributed by atoms with Gasteiger partial charge in [0.1, 0.15) is 17.6 Å². The lowest BCUT2D eigenvalue weighted by Crippen LogP contribution is -2.24. The summed E-state index contributed by atoms with van der Waals surface area (Å²) in [6.45, 7) is 3.89. The highest BCUT2D eigenvalue weighted by atomic mass is 79.9. The Kier molecular flexibility index (Phi) is 7.08. The van der Waals surface area contributed by atoms with Gasteiger partial charge >= 0.3 is 5.97 Å². The Labute approximate surface area is 202 Å². The van der Waals surface area contributed by atoms with Gasteiger partial charge < -0.3 is 9.47 Å². The molecule has 1 saturated carbocycles. The summed E-state index contributed by atoms with van der Waals surface area (Å²) in [7, 11) is 0. The van der Waals surface area contributed by atoms with Crippen molar-refractivity contribution >= 4 is 61.0 Å². The second kappa shape index (κ2) is 9.08. The third-order valence-corrected chi connectivity index (χ3v) is 8.64. The molecule has 4 atom stereocenters. The molecular formula is C22H19Br2Cl2NO3. The molecule has 30 heavy (non-hydrogen) atoms. The molecule has 0 bridgehead atoms. The van der Waals surface area contributed by atoms with Crippen LogP contribution in [0.5, 0.6) is 11.5 Å². The third kappa shape index (κ3) is 5.13. The number of hydrogen-bond acceptors (Lipinski definition) is 4. The van der Waals surface area contributed by atoms with E-state index >= 15 is 0 Å². The molecule has 0 radical (unpaired) electrons. The van der Waals surface area contributed by atoms with E-state index < -0.39 is 21.2 Å². The maximum atomic E-state index is 12.9. The molecule has 0 saturated heterocycles. The monoisotopic (exact) mass is 573 g/mol. The van der Waals surface area contributed by atoms with E-state index in [1.165, 1.54) is 0 Å². The minimum absolute atomic E-state index is 0.147. The molecule has 0 unspecified atom stereocenters. The fourth-order valence-electron chi connectivity index (χ4n) is 3.60. The lowest BCUT2D eigenvalue weighted by molar-refractivity contribution is -0.149. The van der Waals surface area contributed by atoms with Crippen LogP contribution in [0.1, 0.15) is 25.5 Å². The first-order valence-electron chi connectivity index (χ1n) is 9.19. The van der Waals surface area contributed by atoms with E-state index in [4.69, 9.17) is 32.7 Å². The summed E-state index contributed by atoms with van der Waals surface area (Å²) in [4.78, 5) is 12.5. The number of para-hydroxylation sites is 1. The quantitative estimate of drug-likeness (QED) is 0.260. The van der Waals surface area contributed by atoms with Crippen molar-refractivity contribution in [2.45, 2.75) is 28.0 Å². The van der Waals surface area contributed by atoms with E-state index in [1.54, 1.807) is 24.3 Å².